The lowest BCUT2D eigenvalue weighted by atomic mass is 10.0. The van der Waals surface area contributed by atoms with Gasteiger partial charge in [-0.15, -0.1) is 0 Å². The number of amides is 3. The maximum absolute atomic E-state index is 12.2. The van der Waals surface area contributed by atoms with Gasteiger partial charge in [0.05, 0.1) is 12.5 Å². The molecule has 2 aromatic rings. The zero-order chi connectivity index (χ0) is 19.9. The van der Waals surface area contributed by atoms with E-state index in [1.165, 1.54) is 6.92 Å². The van der Waals surface area contributed by atoms with Crippen LogP contribution in [0.15, 0.2) is 54.6 Å². The summed E-state index contributed by atoms with van der Waals surface area (Å²) in [6.45, 7) is 1.42. The summed E-state index contributed by atoms with van der Waals surface area (Å²) < 4.78 is 11.1. The fourth-order valence-corrected chi connectivity index (χ4v) is 2.78. The first-order valence-electron chi connectivity index (χ1n) is 8.82. The third kappa shape index (κ3) is 5.00. The standard InChI is InChI=1S/C20H21N3O5/c1-13(24)21-15(14-7-3-2-4-8-14)11-19(25)22-23-20(26)18-12-27-16-9-5-6-10-17(16)28-18/h2-10,15,18H,11-12H2,1H3,(H,21,24)(H,22,25)(H,23,26). The Bertz CT molecular complexity index is 856. The lowest BCUT2D eigenvalue weighted by Gasteiger charge is -2.25. The molecule has 2 atom stereocenters. The van der Waals surface area contributed by atoms with E-state index in [2.05, 4.69) is 16.2 Å². The summed E-state index contributed by atoms with van der Waals surface area (Å²) in [5.41, 5.74) is 5.48. The molecule has 3 amide bonds. The van der Waals surface area contributed by atoms with E-state index in [0.717, 1.165) is 5.56 Å². The Labute approximate surface area is 162 Å². The van der Waals surface area contributed by atoms with Gasteiger partial charge in [0, 0.05) is 6.92 Å². The zero-order valence-corrected chi connectivity index (χ0v) is 15.3. The van der Waals surface area contributed by atoms with Crippen molar-refractivity contribution in [2.24, 2.45) is 0 Å². The van der Waals surface area contributed by atoms with E-state index in [0.29, 0.717) is 11.5 Å². The normalized spacial score (nSPS) is 15.8. The average Bonchev–Trinajstić information content (AvgIpc) is 2.71. The number of para-hydroxylation sites is 2. The van der Waals surface area contributed by atoms with Gasteiger partial charge in [0.25, 0.3) is 5.91 Å². The minimum Gasteiger partial charge on any atom is -0.485 e. The van der Waals surface area contributed by atoms with Crippen molar-refractivity contribution in [1.29, 1.82) is 0 Å². The second-order valence-electron chi connectivity index (χ2n) is 6.27. The Hall–Kier alpha value is -3.55. The number of ether oxygens (including phenoxy) is 2. The number of hydrogen-bond donors (Lipinski definition) is 3. The van der Waals surface area contributed by atoms with Crippen LogP contribution in [0, 0.1) is 0 Å². The van der Waals surface area contributed by atoms with E-state index in [1.54, 1.807) is 24.3 Å². The average molecular weight is 383 g/mol. The molecule has 8 heteroatoms. The van der Waals surface area contributed by atoms with Crippen LogP contribution in [0.5, 0.6) is 11.5 Å². The van der Waals surface area contributed by atoms with Crippen molar-refractivity contribution in [1.82, 2.24) is 16.2 Å². The Morgan fingerprint density at radius 3 is 2.39 bits per heavy atom. The molecule has 0 radical (unpaired) electrons. The minimum atomic E-state index is -0.879. The first-order chi connectivity index (χ1) is 13.5. The molecule has 3 N–H and O–H groups in total. The monoisotopic (exact) mass is 383 g/mol. The molecule has 2 aromatic carbocycles. The summed E-state index contributed by atoms with van der Waals surface area (Å²) in [6, 6.07) is 15.6. The summed E-state index contributed by atoms with van der Waals surface area (Å²) in [7, 11) is 0. The van der Waals surface area contributed by atoms with Gasteiger partial charge >= 0.3 is 0 Å². The molecular weight excluding hydrogens is 362 g/mol. The highest BCUT2D eigenvalue weighted by Gasteiger charge is 2.27. The van der Waals surface area contributed by atoms with Crippen LogP contribution in [0.25, 0.3) is 0 Å². The van der Waals surface area contributed by atoms with Crippen LogP contribution >= 0.6 is 0 Å². The second-order valence-corrected chi connectivity index (χ2v) is 6.27. The van der Waals surface area contributed by atoms with Crippen LogP contribution in [0.3, 0.4) is 0 Å². The summed E-state index contributed by atoms with van der Waals surface area (Å²) >= 11 is 0. The lowest BCUT2D eigenvalue weighted by molar-refractivity contribution is -0.135. The Balaban J connectivity index is 1.53. The zero-order valence-electron chi connectivity index (χ0n) is 15.3. The molecule has 1 aliphatic heterocycles. The van der Waals surface area contributed by atoms with Crippen LogP contribution in [0.4, 0.5) is 0 Å². The van der Waals surface area contributed by atoms with Gasteiger partial charge in [-0.3, -0.25) is 25.2 Å². The number of hydrogen-bond acceptors (Lipinski definition) is 5. The molecule has 0 saturated heterocycles. The van der Waals surface area contributed by atoms with Crippen molar-refractivity contribution in [3.8, 4) is 11.5 Å². The third-order valence-corrected chi connectivity index (χ3v) is 4.10. The fourth-order valence-electron chi connectivity index (χ4n) is 2.78. The van der Waals surface area contributed by atoms with Gasteiger partial charge in [-0.05, 0) is 17.7 Å². The van der Waals surface area contributed by atoms with Gasteiger partial charge in [0.15, 0.2) is 11.5 Å². The first kappa shape index (κ1) is 19.2. The van der Waals surface area contributed by atoms with Crippen molar-refractivity contribution in [2.45, 2.75) is 25.5 Å². The number of nitrogens with one attached hydrogen (secondary N) is 3. The predicted molar refractivity (Wildman–Crippen MR) is 100 cm³/mol. The van der Waals surface area contributed by atoms with Crippen LogP contribution in [-0.2, 0) is 14.4 Å². The second kappa shape index (κ2) is 8.90. The van der Waals surface area contributed by atoms with E-state index in [9.17, 15) is 14.4 Å². The molecule has 3 rings (SSSR count). The molecule has 1 aliphatic rings. The van der Waals surface area contributed by atoms with Crippen molar-refractivity contribution >= 4 is 17.7 Å². The molecule has 146 valence electrons. The molecule has 2 unspecified atom stereocenters. The van der Waals surface area contributed by atoms with Crippen molar-refractivity contribution in [2.75, 3.05) is 6.61 Å². The van der Waals surface area contributed by atoms with Crippen LogP contribution < -0.4 is 25.6 Å². The highest BCUT2D eigenvalue weighted by atomic mass is 16.6. The quantitative estimate of drug-likeness (QED) is 0.674. The highest BCUT2D eigenvalue weighted by molar-refractivity contribution is 5.85. The van der Waals surface area contributed by atoms with Crippen molar-refractivity contribution < 1.29 is 23.9 Å². The third-order valence-electron chi connectivity index (χ3n) is 4.10. The van der Waals surface area contributed by atoms with Crippen molar-refractivity contribution in [3.05, 3.63) is 60.2 Å². The Morgan fingerprint density at radius 2 is 1.68 bits per heavy atom. The largest absolute Gasteiger partial charge is 0.485 e. The molecule has 0 aliphatic carbocycles. The molecule has 1 heterocycles. The maximum Gasteiger partial charge on any atom is 0.283 e. The molecule has 0 fully saturated rings. The van der Waals surface area contributed by atoms with E-state index < -0.39 is 24.0 Å². The SMILES string of the molecule is CC(=O)NC(CC(=O)NNC(=O)C1COc2ccccc2O1)c1ccccc1. The molecule has 0 aromatic heterocycles. The maximum atomic E-state index is 12.2. The minimum absolute atomic E-state index is 0.0330. The summed E-state index contributed by atoms with van der Waals surface area (Å²) in [6.07, 6.45) is -0.912. The van der Waals surface area contributed by atoms with Gasteiger partial charge < -0.3 is 14.8 Å². The number of hydrazine groups is 1. The molecule has 0 bridgehead atoms. The number of benzene rings is 2. The Kier molecular flexibility index (Phi) is 6.11. The number of carbonyl (C=O) groups is 3. The topological polar surface area (TPSA) is 106 Å². The molecule has 0 spiro atoms. The molecule has 0 saturated carbocycles. The summed E-state index contributed by atoms with van der Waals surface area (Å²) in [4.78, 5) is 35.9. The van der Waals surface area contributed by atoms with Gasteiger partial charge in [0.1, 0.15) is 6.61 Å². The summed E-state index contributed by atoms with van der Waals surface area (Å²) in [5, 5.41) is 2.73. The van der Waals surface area contributed by atoms with Gasteiger partial charge in [-0.2, -0.15) is 0 Å². The molecule has 8 nitrogen and oxygen atoms in total. The molecule has 28 heavy (non-hydrogen) atoms. The number of carbonyl (C=O) groups excluding carboxylic acids is 3. The smallest absolute Gasteiger partial charge is 0.283 e. The van der Waals surface area contributed by atoms with E-state index in [-0.39, 0.29) is 18.9 Å². The molecular formula is C20H21N3O5. The summed E-state index contributed by atoms with van der Waals surface area (Å²) in [5.74, 6) is -0.199. The van der Waals surface area contributed by atoms with Crippen LogP contribution in [0.2, 0.25) is 0 Å². The Morgan fingerprint density at radius 1 is 1.00 bits per heavy atom. The number of rotatable bonds is 5. The first-order valence-corrected chi connectivity index (χ1v) is 8.82. The van der Waals surface area contributed by atoms with E-state index >= 15 is 0 Å². The van der Waals surface area contributed by atoms with E-state index in [4.69, 9.17) is 9.47 Å². The van der Waals surface area contributed by atoms with Crippen LogP contribution in [-0.4, -0.2) is 30.4 Å². The fraction of sp³-hybridized carbons (Fsp3) is 0.250. The van der Waals surface area contributed by atoms with Gasteiger partial charge in [-0.25, -0.2) is 0 Å². The number of fused-ring (bicyclic) bond motifs is 1. The predicted octanol–water partition coefficient (Wildman–Crippen LogP) is 1.24. The lowest BCUT2D eigenvalue weighted by Crippen LogP contribution is -2.51. The van der Waals surface area contributed by atoms with Gasteiger partial charge in [0.2, 0.25) is 17.9 Å². The van der Waals surface area contributed by atoms with Crippen molar-refractivity contribution in [3.63, 3.8) is 0 Å². The van der Waals surface area contributed by atoms with Crippen LogP contribution in [0.1, 0.15) is 24.9 Å². The van der Waals surface area contributed by atoms with E-state index in [1.807, 2.05) is 30.3 Å². The van der Waals surface area contributed by atoms with Gasteiger partial charge in [-0.1, -0.05) is 42.5 Å². The highest BCUT2D eigenvalue weighted by Crippen LogP contribution is 2.30.